The minimum Gasteiger partial charge on any atom is -0.366 e. The van der Waals surface area contributed by atoms with Crippen LogP contribution in [0.15, 0.2) is 60.8 Å². The third-order valence-electron chi connectivity index (χ3n) is 3.92. The van der Waals surface area contributed by atoms with Gasteiger partial charge in [0, 0.05) is 12.6 Å². The molecule has 2 aromatic carbocycles. The summed E-state index contributed by atoms with van der Waals surface area (Å²) < 4.78 is 15.3. The fourth-order valence-corrected chi connectivity index (χ4v) is 2.51. The molecule has 0 saturated heterocycles. The second kappa shape index (κ2) is 7.27. The summed E-state index contributed by atoms with van der Waals surface area (Å²) in [5, 5.41) is 3.90. The highest BCUT2D eigenvalue weighted by Crippen LogP contribution is 2.24. The van der Waals surface area contributed by atoms with Crippen molar-refractivity contribution >= 4 is 5.97 Å². The Morgan fingerprint density at radius 3 is 2.44 bits per heavy atom. The minimum atomic E-state index is -0.443. The average molecular weight is 339 g/mol. The topological polar surface area (TPSA) is 56.1 Å². The summed E-state index contributed by atoms with van der Waals surface area (Å²) in [6, 6.07) is 15.9. The number of hydroxylamine groups is 1. The molecule has 1 N–H and O–H groups in total. The van der Waals surface area contributed by atoms with E-state index in [1.165, 1.54) is 10.9 Å². The molecule has 6 heteroatoms. The highest BCUT2D eigenvalue weighted by atomic mass is 19.1. The molecule has 0 radical (unpaired) electrons. The van der Waals surface area contributed by atoms with E-state index in [0.29, 0.717) is 11.3 Å². The van der Waals surface area contributed by atoms with Crippen LogP contribution in [0.2, 0.25) is 0 Å². The molecule has 1 aromatic heterocycles. The van der Waals surface area contributed by atoms with Gasteiger partial charge in [0.25, 0.3) is 0 Å². The first-order valence-electron chi connectivity index (χ1n) is 7.86. The van der Waals surface area contributed by atoms with Crippen molar-refractivity contribution < 1.29 is 14.0 Å². The van der Waals surface area contributed by atoms with Gasteiger partial charge in [-0.15, -0.1) is 5.48 Å². The number of hydrogen-bond acceptors (Lipinski definition) is 4. The first kappa shape index (κ1) is 16.9. The summed E-state index contributed by atoms with van der Waals surface area (Å²) in [7, 11) is 1.69. The van der Waals surface area contributed by atoms with Gasteiger partial charge in [-0.1, -0.05) is 42.5 Å². The number of halogens is 1. The number of aromatic nitrogens is 2. The van der Waals surface area contributed by atoms with E-state index in [-0.39, 0.29) is 11.9 Å². The lowest BCUT2D eigenvalue weighted by atomic mass is 10.0. The van der Waals surface area contributed by atoms with E-state index in [4.69, 9.17) is 4.84 Å². The zero-order chi connectivity index (χ0) is 17.8. The van der Waals surface area contributed by atoms with Crippen LogP contribution in [0.3, 0.4) is 0 Å². The standard InChI is InChI=1S/C19H18FN3O2/c1-13(22-25-19(24)16-6-4-3-5-7-16)14-8-10-15(11-9-14)18-17(20)12-21-23(18)2/h3-13,22H,1-2H3/t13-/m0/s1. The molecule has 3 aromatic rings. The molecular formula is C19H18FN3O2. The van der Waals surface area contributed by atoms with Gasteiger partial charge in [-0.2, -0.15) is 5.10 Å². The molecule has 5 nitrogen and oxygen atoms in total. The number of aryl methyl sites for hydroxylation is 1. The number of carbonyl (C=O) groups is 1. The van der Waals surface area contributed by atoms with Crippen LogP contribution in [0, 0.1) is 5.82 Å². The predicted molar refractivity (Wildman–Crippen MR) is 92.0 cm³/mol. The highest BCUT2D eigenvalue weighted by molar-refractivity contribution is 5.89. The zero-order valence-corrected chi connectivity index (χ0v) is 13.9. The molecule has 0 aliphatic carbocycles. The van der Waals surface area contributed by atoms with Crippen molar-refractivity contribution in [1.29, 1.82) is 0 Å². The van der Waals surface area contributed by atoms with Gasteiger partial charge >= 0.3 is 5.97 Å². The Hall–Kier alpha value is -2.99. The van der Waals surface area contributed by atoms with Crippen molar-refractivity contribution in [3.8, 4) is 11.3 Å². The number of hydrogen-bond donors (Lipinski definition) is 1. The van der Waals surface area contributed by atoms with Gasteiger partial charge in [-0.05, 0) is 24.6 Å². The lowest BCUT2D eigenvalue weighted by Crippen LogP contribution is -2.23. The summed E-state index contributed by atoms with van der Waals surface area (Å²) in [5.41, 5.74) is 5.28. The number of carbonyl (C=O) groups excluding carboxylic acids is 1. The molecule has 1 heterocycles. The Bertz CT molecular complexity index is 841. The Kier molecular flexibility index (Phi) is 4.90. The van der Waals surface area contributed by atoms with E-state index < -0.39 is 5.97 Å². The maximum absolute atomic E-state index is 13.8. The number of nitrogens with one attached hydrogen (secondary N) is 1. The van der Waals surface area contributed by atoms with Crippen LogP contribution >= 0.6 is 0 Å². The molecule has 0 spiro atoms. The van der Waals surface area contributed by atoms with Crippen molar-refractivity contribution in [2.24, 2.45) is 7.05 Å². The maximum Gasteiger partial charge on any atom is 0.356 e. The third-order valence-corrected chi connectivity index (χ3v) is 3.92. The maximum atomic E-state index is 13.8. The SMILES string of the molecule is C[C@H](NOC(=O)c1ccccc1)c1ccc(-c2c(F)cnn2C)cc1. The second-order valence-electron chi connectivity index (χ2n) is 5.68. The van der Waals surface area contributed by atoms with E-state index in [1.54, 1.807) is 31.3 Å². The first-order valence-corrected chi connectivity index (χ1v) is 7.86. The third kappa shape index (κ3) is 3.75. The molecule has 1 atom stereocenters. The lowest BCUT2D eigenvalue weighted by Gasteiger charge is -2.14. The molecule has 25 heavy (non-hydrogen) atoms. The van der Waals surface area contributed by atoms with Gasteiger partial charge in [0.1, 0.15) is 5.69 Å². The van der Waals surface area contributed by atoms with Crippen molar-refractivity contribution in [1.82, 2.24) is 15.3 Å². The van der Waals surface area contributed by atoms with Crippen molar-refractivity contribution in [3.05, 3.63) is 77.7 Å². The largest absolute Gasteiger partial charge is 0.366 e. The molecule has 128 valence electrons. The van der Waals surface area contributed by atoms with Crippen LogP contribution in [0.1, 0.15) is 28.9 Å². The Morgan fingerprint density at radius 2 is 1.84 bits per heavy atom. The van der Waals surface area contributed by atoms with E-state index in [0.717, 1.165) is 11.1 Å². The normalized spacial score (nSPS) is 12.0. The summed E-state index contributed by atoms with van der Waals surface area (Å²) in [4.78, 5) is 17.1. The molecule has 0 aliphatic rings. The molecule has 3 rings (SSSR count). The van der Waals surface area contributed by atoms with E-state index in [2.05, 4.69) is 10.6 Å². The number of rotatable bonds is 5. The molecule has 0 unspecified atom stereocenters. The van der Waals surface area contributed by atoms with Crippen LogP contribution in [0.25, 0.3) is 11.3 Å². The smallest absolute Gasteiger partial charge is 0.356 e. The summed E-state index contributed by atoms with van der Waals surface area (Å²) in [5.74, 6) is -0.806. The molecular weight excluding hydrogens is 321 g/mol. The van der Waals surface area contributed by atoms with E-state index in [1.807, 2.05) is 37.3 Å². The quantitative estimate of drug-likeness (QED) is 0.721. The van der Waals surface area contributed by atoms with Crippen LogP contribution in [-0.2, 0) is 11.9 Å². The predicted octanol–water partition coefficient (Wildman–Crippen LogP) is 3.65. The Morgan fingerprint density at radius 1 is 1.16 bits per heavy atom. The van der Waals surface area contributed by atoms with Gasteiger partial charge in [0.05, 0.1) is 17.8 Å². The number of benzene rings is 2. The minimum absolute atomic E-state index is 0.210. The lowest BCUT2D eigenvalue weighted by molar-refractivity contribution is 0.0169. The van der Waals surface area contributed by atoms with Gasteiger partial charge in [-0.25, -0.2) is 9.18 Å². The number of nitrogens with zero attached hydrogens (tertiary/aromatic N) is 2. The van der Waals surface area contributed by atoms with Gasteiger partial charge in [0.15, 0.2) is 5.82 Å². The molecule has 0 fully saturated rings. The highest BCUT2D eigenvalue weighted by Gasteiger charge is 2.13. The summed E-state index contributed by atoms with van der Waals surface area (Å²) in [6.45, 7) is 1.87. The zero-order valence-electron chi connectivity index (χ0n) is 13.9. The van der Waals surface area contributed by atoms with Gasteiger partial charge in [-0.3, -0.25) is 4.68 Å². The Balaban J connectivity index is 1.65. The monoisotopic (exact) mass is 339 g/mol. The van der Waals surface area contributed by atoms with Crippen molar-refractivity contribution in [2.75, 3.05) is 0 Å². The van der Waals surface area contributed by atoms with Crippen LogP contribution in [0.4, 0.5) is 4.39 Å². The average Bonchev–Trinajstić information content (AvgIpc) is 2.98. The van der Waals surface area contributed by atoms with Gasteiger partial charge < -0.3 is 4.84 Å². The second-order valence-corrected chi connectivity index (χ2v) is 5.68. The van der Waals surface area contributed by atoms with Crippen molar-refractivity contribution in [3.63, 3.8) is 0 Å². The van der Waals surface area contributed by atoms with E-state index in [9.17, 15) is 9.18 Å². The summed E-state index contributed by atoms with van der Waals surface area (Å²) in [6.07, 6.45) is 1.19. The fraction of sp³-hybridized carbons (Fsp3) is 0.158. The molecule has 0 aliphatic heterocycles. The first-order chi connectivity index (χ1) is 12.1. The van der Waals surface area contributed by atoms with Crippen molar-refractivity contribution in [2.45, 2.75) is 13.0 Å². The van der Waals surface area contributed by atoms with Crippen LogP contribution < -0.4 is 5.48 Å². The van der Waals surface area contributed by atoms with E-state index >= 15 is 0 Å². The van der Waals surface area contributed by atoms with Crippen LogP contribution in [-0.4, -0.2) is 15.7 Å². The summed E-state index contributed by atoms with van der Waals surface area (Å²) >= 11 is 0. The van der Waals surface area contributed by atoms with Gasteiger partial charge in [0.2, 0.25) is 0 Å². The molecule has 0 bridgehead atoms. The Labute approximate surface area is 145 Å². The fourth-order valence-electron chi connectivity index (χ4n) is 2.51. The molecule has 0 saturated carbocycles. The van der Waals surface area contributed by atoms with Crippen LogP contribution in [0.5, 0.6) is 0 Å². The molecule has 0 amide bonds.